The van der Waals surface area contributed by atoms with Crippen molar-refractivity contribution < 1.29 is 4.79 Å². The molecule has 0 aliphatic carbocycles. The normalized spacial score (nSPS) is 13.6. The number of benzene rings is 1. The number of aryl methyl sites for hydroxylation is 2. The molecule has 0 saturated carbocycles. The van der Waals surface area contributed by atoms with E-state index in [1.807, 2.05) is 44.2 Å². The fraction of sp³-hybridized carbons (Fsp3) is 0.412. The average molecular weight is 300 g/mol. The summed E-state index contributed by atoms with van der Waals surface area (Å²) in [4.78, 5) is 12.3. The molecule has 118 valence electrons. The molecule has 1 amide bonds. The number of carbonyl (C=O) groups is 1. The van der Waals surface area contributed by atoms with E-state index in [4.69, 9.17) is 5.73 Å². The minimum atomic E-state index is -0.915. The maximum atomic E-state index is 12.3. The summed E-state index contributed by atoms with van der Waals surface area (Å²) >= 11 is 0. The third kappa shape index (κ3) is 3.95. The van der Waals surface area contributed by atoms with Gasteiger partial charge in [-0.1, -0.05) is 30.3 Å². The Hall–Kier alpha value is -2.14. The molecule has 0 radical (unpaired) electrons. The number of hydrogen-bond donors (Lipinski definition) is 3. The molecule has 1 aromatic carbocycles. The predicted octanol–water partition coefficient (Wildman–Crippen LogP) is 1.65. The van der Waals surface area contributed by atoms with Crippen molar-refractivity contribution in [3.05, 3.63) is 52.8 Å². The van der Waals surface area contributed by atoms with Gasteiger partial charge in [0.05, 0.1) is 11.2 Å². The van der Waals surface area contributed by atoms with Gasteiger partial charge in [0.1, 0.15) is 0 Å². The Kier molecular flexibility index (Phi) is 4.98. The molecule has 22 heavy (non-hydrogen) atoms. The van der Waals surface area contributed by atoms with Crippen molar-refractivity contribution in [2.24, 2.45) is 5.73 Å². The van der Waals surface area contributed by atoms with Gasteiger partial charge in [0.15, 0.2) is 0 Å². The monoisotopic (exact) mass is 300 g/mol. The van der Waals surface area contributed by atoms with Crippen molar-refractivity contribution in [1.82, 2.24) is 15.5 Å². The molecular formula is C17H24N4O. The summed E-state index contributed by atoms with van der Waals surface area (Å²) in [7, 11) is 0. The van der Waals surface area contributed by atoms with E-state index in [0.717, 1.165) is 28.9 Å². The first-order chi connectivity index (χ1) is 10.4. The van der Waals surface area contributed by atoms with E-state index in [1.54, 1.807) is 6.92 Å². The van der Waals surface area contributed by atoms with Crippen LogP contribution >= 0.6 is 0 Å². The van der Waals surface area contributed by atoms with Crippen LogP contribution in [-0.4, -0.2) is 28.2 Å². The number of aromatic nitrogens is 2. The zero-order valence-electron chi connectivity index (χ0n) is 13.4. The van der Waals surface area contributed by atoms with Gasteiger partial charge in [0.2, 0.25) is 5.91 Å². The van der Waals surface area contributed by atoms with E-state index in [1.165, 1.54) is 0 Å². The Balaban J connectivity index is 1.88. The van der Waals surface area contributed by atoms with Gasteiger partial charge in [-0.25, -0.2) is 0 Å². The number of amides is 1. The lowest BCUT2D eigenvalue weighted by molar-refractivity contribution is -0.125. The number of rotatable bonds is 6. The quantitative estimate of drug-likeness (QED) is 0.758. The highest BCUT2D eigenvalue weighted by Gasteiger charge is 2.28. The highest BCUT2D eigenvalue weighted by Crippen LogP contribution is 2.12. The van der Waals surface area contributed by atoms with E-state index >= 15 is 0 Å². The number of nitrogens with one attached hydrogen (secondary N) is 2. The van der Waals surface area contributed by atoms with Gasteiger partial charge in [-0.2, -0.15) is 5.10 Å². The molecule has 0 aliphatic heterocycles. The molecule has 5 nitrogen and oxygen atoms in total. The van der Waals surface area contributed by atoms with Gasteiger partial charge in [-0.05, 0) is 44.7 Å². The maximum absolute atomic E-state index is 12.3. The van der Waals surface area contributed by atoms with Gasteiger partial charge < -0.3 is 11.1 Å². The Bertz CT molecular complexity index is 612. The fourth-order valence-corrected chi connectivity index (χ4v) is 2.55. The smallest absolute Gasteiger partial charge is 0.240 e. The standard InChI is InChI=1S/C17H24N4O/c1-12-15(13(2)21-20-12)9-10-19-16(22)17(3,18)11-14-7-5-4-6-8-14/h4-8H,9-11,18H2,1-3H3,(H,19,22)(H,20,21)/t17-/m0/s1. The summed E-state index contributed by atoms with van der Waals surface area (Å²) in [5.41, 5.74) is 9.51. The zero-order valence-corrected chi connectivity index (χ0v) is 13.4. The van der Waals surface area contributed by atoms with Crippen molar-refractivity contribution in [1.29, 1.82) is 0 Å². The molecule has 2 rings (SSSR count). The molecule has 2 aromatic rings. The molecule has 4 N–H and O–H groups in total. The highest BCUT2D eigenvalue weighted by molar-refractivity contribution is 5.85. The van der Waals surface area contributed by atoms with Gasteiger partial charge in [0, 0.05) is 12.2 Å². The van der Waals surface area contributed by atoms with Crippen LogP contribution < -0.4 is 11.1 Å². The number of H-pyrrole nitrogens is 1. The summed E-state index contributed by atoms with van der Waals surface area (Å²) in [6.45, 7) is 6.27. The fourth-order valence-electron chi connectivity index (χ4n) is 2.55. The third-order valence-corrected chi connectivity index (χ3v) is 3.87. The molecule has 5 heteroatoms. The number of carbonyl (C=O) groups excluding carboxylic acids is 1. The second-order valence-corrected chi connectivity index (χ2v) is 6.00. The van der Waals surface area contributed by atoms with Gasteiger partial charge in [-0.15, -0.1) is 0 Å². The molecule has 0 unspecified atom stereocenters. The topological polar surface area (TPSA) is 83.8 Å². The van der Waals surface area contributed by atoms with Crippen molar-refractivity contribution >= 4 is 5.91 Å². The predicted molar refractivity (Wildman–Crippen MR) is 87.5 cm³/mol. The number of hydrogen-bond acceptors (Lipinski definition) is 3. The van der Waals surface area contributed by atoms with Crippen LogP contribution in [0.4, 0.5) is 0 Å². The summed E-state index contributed by atoms with van der Waals surface area (Å²) in [6, 6.07) is 9.82. The lowest BCUT2D eigenvalue weighted by atomic mass is 9.93. The van der Waals surface area contributed by atoms with Crippen molar-refractivity contribution in [3.8, 4) is 0 Å². The van der Waals surface area contributed by atoms with Crippen LogP contribution in [0.1, 0.15) is 29.4 Å². The van der Waals surface area contributed by atoms with Crippen LogP contribution in [-0.2, 0) is 17.6 Å². The third-order valence-electron chi connectivity index (χ3n) is 3.87. The molecule has 1 atom stereocenters. The largest absolute Gasteiger partial charge is 0.354 e. The van der Waals surface area contributed by atoms with Crippen LogP contribution in [0.5, 0.6) is 0 Å². The van der Waals surface area contributed by atoms with E-state index in [9.17, 15) is 4.79 Å². The molecule has 0 bridgehead atoms. The van der Waals surface area contributed by atoms with Crippen LogP contribution in [0.25, 0.3) is 0 Å². The zero-order chi connectivity index (χ0) is 16.2. The summed E-state index contributed by atoms with van der Waals surface area (Å²) < 4.78 is 0. The first kappa shape index (κ1) is 16.2. The lowest BCUT2D eigenvalue weighted by Crippen LogP contribution is -2.53. The van der Waals surface area contributed by atoms with Crippen LogP contribution in [0.2, 0.25) is 0 Å². The second-order valence-electron chi connectivity index (χ2n) is 6.00. The number of nitrogens with zero attached hydrogens (tertiary/aromatic N) is 1. The molecular weight excluding hydrogens is 276 g/mol. The minimum Gasteiger partial charge on any atom is -0.354 e. The minimum absolute atomic E-state index is 0.129. The van der Waals surface area contributed by atoms with E-state index < -0.39 is 5.54 Å². The van der Waals surface area contributed by atoms with E-state index in [2.05, 4.69) is 15.5 Å². The molecule has 1 aromatic heterocycles. The first-order valence-electron chi connectivity index (χ1n) is 7.51. The maximum Gasteiger partial charge on any atom is 0.240 e. The number of aromatic amines is 1. The van der Waals surface area contributed by atoms with E-state index in [0.29, 0.717) is 13.0 Å². The van der Waals surface area contributed by atoms with Crippen molar-refractivity contribution in [2.45, 2.75) is 39.2 Å². The Morgan fingerprint density at radius 1 is 1.32 bits per heavy atom. The first-order valence-corrected chi connectivity index (χ1v) is 7.51. The summed E-state index contributed by atoms with van der Waals surface area (Å²) in [5.74, 6) is -0.129. The molecule has 0 saturated heterocycles. The Morgan fingerprint density at radius 2 is 2.00 bits per heavy atom. The lowest BCUT2D eigenvalue weighted by Gasteiger charge is -2.23. The van der Waals surface area contributed by atoms with Gasteiger partial charge in [0.25, 0.3) is 0 Å². The highest BCUT2D eigenvalue weighted by atomic mass is 16.2. The SMILES string of the molecule is Cc1n[nH]c(C)c1CCNC(=O)[C@@](C)(N)Cc1ccccc1. The van der Waals surface area contributed by atoms with Gasteiger partial charge in [-0.3, -0.25) is 9.89 Å². The summed E-state index contributed by atoms with van der Waals surface area (Å²) in [6.07, 6.45) is 1.27. The van der Waals surface area contributed by atoms with Crippen LogP contribution in [0, 0.1) is 13.8 Å². The van der Waals surface area contributed by atoms with Crippen LogP contribution in [0.3, 0.4) is 0 Å². The molecule has 0 aliphatic rings. The second kappa shape index (κ2) is 6.75. The summed E-state index contributed by atoms with van der Waals surface area (Å²) in [5, 5.41) is 10.0. The Labute approximate surface area is 131 Å². The molecule has 0 spiro atoms. The Morgan fingerprint density at radius 3 is 2.59 bits per heavy atom. The van der Waals surface area contributed by atoms with Crippen molar-refractivity contribution in [2.75, 3.05) is 6.54 Å². The van der Waals surface area contributed by atoms with Crippen LogP contribution in [0.15, 0.2) is 30.3 Å². The average Bonchev–Trinajstić information content (AvgIpc) is 2.79. The van der Waals surface area contributed by atoms with Gasteiger partial charge >= 0.3 is 0 Å². The molecule has 0 fully saturated rings. The number of nitrogens with two attached hydrogens (primary N) is 1. The molecule has 1 heterocycles. The van der Waals surface area contributed by atoms with Crippen molar-refractivity contribution in [3.63, 3.8) is 0 Å². The van der Waals surface area contributed by atoms with E-state index in [-0.39, 0.29) is 5.91 Å².